The van der Waals surface area contributed by atoms with E-state index in [1.54, 1.807) is 0 Å². The first-order chi connectivity index (χ1) is 11.7. The monoisotopic (exact) mass is 327 g/mol. The van der Waals surface area contributed by atoms with E-state index in [0.29, 0.717) is 6.04 Å². The van der Waals surface area contributed by atoms with Gasteiger partial charge in [-0.1, -0.05) is 30.3 Å². The van der Waals surface area contributed by atoms with Crippen LogP contribution in [0.15, 0.2) is 30.3 Å². The number of rotatable bonds is 7. The Labute approximate surface area is 145 Å². The van der Waals surface area contributed by atoms with Crippen molar-refractivity contribution in [2.24, 2.45) is 0 Å². The average Bonchev–Trinajstić information content (AvgIpc) is 3.07. The quantitative estimate of drug-likeness (QED) is 0.846. The molecule has 24 heavy (non-hydrogen) atoms. The molecule has 1 saturated heterocycles. The lowest BCUT2D eigenvalue weighted by Crippen LogP contribution is -2.48. The molecule has 2 aromatic rings. The Morgan fingerprint density at radius 1 is 1.04 bits per heavy atom. The largest absolute Gasteiger partial charge is 0.304 e. The third kappa shape index (κ3) is 4.89. The molecule has 0 bridgehead atoms. The van der Waals surface area contributed by atoms with Crippen LogP contribution in [0.3, 0.4) is 0 Å². The van der Waals surface area contributed by atoms with E-state index < -0.39 is 0 Å². The van der Waals surface area contributed by atoms with E-state index in [1.807, 2.05) is 0 Å². The van der Waals surface area contributed by atoms with Gasteiger partial charge in [-0.2, -0.15) is 5.10 Å². The number of aryl methyl sites for hydroxylation is 3. The molecule has 5 nitrogen and oxygen atoms in total. The van der Waals surface area contributed by atoms with Crippen LogP contribution in [0.2, 0.25) is 0 Å². The second-order valence-electron chi connectivity index (χ2n) is 6.91. The summed E-state index contributed by atoms with van der Waals surface area (Å²) in [4.78, 5) is 9.65. The first-order valence-corrected chi connectivity index (χ1v) is 9.07. The maximum absolute atomic E-state index is 4.66. The molecular weight excluding hydrogens is 298 g/mol. The molecule has 0 unspecified atom stereocenters. The summed E-state index contributed by atoms with van der Waals surface area (Å²) in [6.07, 6.45) is 4.01. The minimum Gasteiger partial charge on any atom is -0.304 e. The molecule has 0 radical (unpaired) electrons. The predicted octanol–water partition coefficient (Wildman–Crippen LogP) is 2.16. The van der Waals surface area contributed by atoms with E-state index >= 15 is 0 Å². The Morgan fingerprint density at radius 3 is 2.54 bits per heavy atom. The molecule has 130 valence electrons. The molecule has 0 saturated carbocycles. The van der Waals surface area contributed by atoms with Crippen molar-refractivity contribution in [1.82, 2.24) is 25.0 Å². The summed E-state index contributed by atoms with van der Waals surface area (Å²) in [5.41, 5.74) is 1.34. The topological polar surface area (TPSA) is 48.1 Å². The van der Waals surface area contributed by atoms with Gasteiger partial charge in [-0.15, -0.1) is 0 Å². The van der Waals surface area contributed by atoms with Crippen LogP contribution in [0.4, 0.5) is 0 Å². The number of hydrogen-bond donors (Lipinski definition) is 1. The zero-order chi connectivity index (χ0) is 16.8. The third-order valence-corrected chi connectivity index (χ3v) is 5.02. The van der Waals surface area contributed by atoms with Gasteiger partial charge in [0, 0.05) is 45.1 Å². The SMILES string of the molecule is C[C@H](CCc1nc(CCc2ccccc2)n[nH]1)N1CCN(C)CC1. The standard InChI is InChI=1S/C19H29N5/c1-16(24-14-12-23(2)13-15-24)8-10-18-20-19(22-21-18)11-9-17-6-4-3-5-7-17/h3-7,16H,8-15H2,1-2H3,(H,20,21,22)/t16-/m1/s1. The van der Waals surface area contributed by atoms with Crippen LogP contribution in [-0.4, -0.2) is 64.2 Å². The summed E-state index contributed by atoms with van der Waals surface area (Å²) in [6, 6.07) is 11.1. The Balaban J connectivity index is 1.42. The van der Waals surface area contributed by atoms with Crippen molar-refractivity contribution >= 4 is 0 Å². The van der Waals surface area contributed by atoms with Crippen LogP contribution in [0, 0.1) is 0 Å². The molecule has 5 heteroatoms. The van der Waals surface area contributed by atoms with Crippen molar-refractivity contribution in [2.45, 2.75) is 38.6 Å². The van der Waals surface area contributed by atoms with Gasteiger partial charge in [-0.25, -0.2) is 4.98 Å². The van der Waals surface area contributed by atoms with Crippen LogP contribution in [0.5, 0.6) is 0 Å². The summed E-state index contributed by atoms with van der Waals surface area (Å²) in [6.45, 7) is 7.04. The lowest BCUT2D eigenvalue weighted by atomic mass is 10.1. The molecule has 1 aliphatic heterocycles. The Kier molecular flexibility index (Phi) is 5.99. The van der Waals surface area contributed by atoms with E-state index in [9.17, 15) is 0 Å². The smallest absolute Gasteiger partial charge is 0.151 e. The van der Waals surface area contributed by atoms with Gasteiger partial charge in [0.05, 0.1) is 0 Å². The summed E-state index contributed by atoms with van der Waals surface area (Å²) < 4.78 is 0. The van der Waals surface area contributed by atoms with E-state index in [1.165, 1.54) is 31.7 Å². The number of piperazine rings is 1. The lowest BCUT2D eigenvalue weighted by molar-refractivity contribution is 0.114. The molecule has 1 aromatic carbocycles. The first-order valence-electron chi connectivity index (χ1n) is 9.07. The molecule has 1 aliphatic rings. The molecular formula is C19H29N5. The molecule has 0 spiro atoms. The number of aromatic amines is 1. The van der Waals surface area contributed by atoms with Crippen molar-refractivity contribution in [3.8, 4) is 0 Å². The molecule has 1 fully saturated rings. The molecule has 1 atom stereocenters. The number of hydrogen-bond acceptors (Lipinski definition) is 4. The number of aromatic nitrogens is 3. The van der Waals surface area contributed by atoms with Gasteiger partial charge in [0.25, 0.3) is 0 Å². The second kappa shape index (κ2) is 8.40. The van der Waals surface area contributed by atoms with E-state index in [0.717, 1.165) is 37.3 Å². The Morgan fingerprint density at radius 2 is 1.79 bits per heavy atom. The summed E-state index contributed by atoms with van der Waals surface area (Å²) in [7, 11) is 2.20. The number of H-pyrrole nitrogens is 1. The highest BCUT2D eigenvalue weighted by atomic mass is 15.3. The van der Waals surface area contributed by atoms with Gasteiger partial charge in [-0.3, -0.25) is 10.00 Å². The molecule has 1 N–H and O–H groups in total. The molecule has 1 aromatic heterocycles. The van der Waals surface area contributed by atoms with Crippen molar-refractivity contribution in [2.75, 3.05) is 33.2 Å². The minimum absolute atomic E-state index is 0.608. The second-order valence-corrected chi connectivity index (χ2v) is 6.91. The number of nitrogens with one attached hydrogen (secondary N) is 1. The van der Waals surface area contributed by atoms with Crippen molar-refractivity contribution < 1.29 is 0 Å². The normalized spacial score (nSPS) is 17.9. The van der Waals surface area contributed by atoms with Crippen molar-refractivity contribution in [1.29, 1.82) is 0 Å². The van der Waals surface area contributed by atoms with Gasteiger partial charge in [0.1, 0.15) is 5.82 Å². The average molecular weight is 327 g/mol. The minimum atomic E-state index is 0.608. The van der Waals surface area contributed by atoms with E-state index in [4.69, 9.17) is 0 Å². The zero-order valence-electron chi connectivity index (χ0n) is 14.9. The van der Waals surface area contributed by atoms with Crippen molar-refractivity contribution in [3.63, 3.8) is 0 Å². The van der Waals surface area contributed by atoms with Gasteiger partial charge < -0.3 is 4.90 Å². The molecule has 0 aliphatic carbocycles. The first kappa shape index (κ1) is 17.1. The fourth-order valence-electron chi connectivity index (χ4n) is 3.25. The summed E-state index contributed by atoms with van der Waals surface area (Å²) in [5, 5.41) is 7.49. The predicted molar refractivity (Wildman–Crippen MR) is 97.1 cm³/mol. The van der Waals surface area contributed by atoms with Crippen molar-refractivity contribution in [3.05, 3.63) is 47.5 Å². The maximum Gasteiger partial charge on any atom is 0.151 e. The van der Waals surface area contributed by atoms with E-state index in [2.05, 4.69) is 69.3 Å². The van der Waals surface area contributed by atoms with Gasteiger partial charge >= 0.3 is 0 Å². The van der Waals surface area contributed by atoms with Crippen LogP contribution < -0.4 is 0 Å². The van der Waals surface area contributed by atoms with Crippen LogP contribution in [0.25, 0.3) is 0 Å². The van der Waals surface area contributed by atoms with Gasteiger partial charge in [0.2, 0.25) is 0 Å². The molecule has 2 heterocycles. The van der Waals surface area contributed by atoms with Gasteiger partial charge in [0.15, 0.2) is 5.82 Å². The van der Waals surface area contributed by atoms with Crippen LogP contribution in [0.1, 0.15) is 30.6 Å². The number of likely N-dealkylation sites (N-methyl/N-ethyl adjacent to an activating group) is 1. The highest BCUT2D eigenvalue weighted by Gasteiger charge is 2.19. The number of benzene rings is 1. The zero-order valence-corrected chi connectivity index (χ0v) is 14.9. The number of nitrogens with zero attached hydrogens (tertiary/aromatic N) is 4. The molecule has 0 amide bonds. The highest BCUT2D eigenvalue weighted by Crippen LogP contribution is 2.11. The third-order valence-electron chi connectivity index (χ3n) is 5.02. The summed E-state index contributed by atoms with van der Waals surface area (Å²) >= 11 is 0. The molecule has 3 rings (SSSR count). The lowest BCUT2D eigenvalue weighted by Gasteiger charge is -2.36. The fourth-order valence-corrected chi connectivity index (χ4v) is 3.25. The Bertz CT molecular complexity index is 601. The van der Waals surface area contributed by atoms with E-state index in [-0.39, 0.29) is 0 Å². The van der Waals surface area contributed by atoms with Gasteiger partial charge in [-0.05, 0) is 32.4 Å². The highest BCUT2D eigenvalue weighted by molar-refractivity contribution is 5.15. The van der Waals surface area contributed by atoms with Crippen LogP contribution in [-0.2, 0) is 19.3 Å². The van der Waals surface area contributed by atoms with Crippen LogP contribution >= 0.6 is 0 Å². The fraction of sp³-hybridized carbons (Fsp3) is 0.579. The summed E-state index contributed by atoms with van der Waals surface area (Å²) in [5.74, 6) is 1.96. The maximum atomic E-state index is 4.66. The Hall–Kier alpha value is -1.72.